The fourth-order valence-corrected chi connectivity index (χ4v) is 2.69. The molecular formula is C16H10F2N4O. The third-order valence-corrected chi connectivity index (χ3v) is 3.73. The maximum absolute atomic E-state index is 14.0. The third-order valence-electron chi connectivity index (χ3n) is 3.73. The lowest BCUT2D eigenvalue weighted by molar-refractivity contribution is 0.516. The van der Waals surface area contributed by atoms with Gasteiger partial charge in [0.15, 0.2) is 17.5 Å². The number of H-pyrrole nitrogens is 1. The van der Waals surface area contributed by atoms with Crippen LogP contribution in [0.25, 0.3) is 27.8 Å². The molecule has 7 heteroatoms. The van der Waals surface area contributed by atoms with Gasteiger partial charge in [0, 0.05) is 6.20 Å². The summed E-state index contributed by atoms with van der Waals surface area (Å²) < 4.78 is 28.9. The summed E-state index contributed by atoms with van der Waals surface area (Å²) in [7, 11) is 0. The number of halogens is 2. The highest BCUT2D eigenvalue weighted by Gasteiger charge is 2.19. The van der Waals surface area contributed by atoms with Crippen LogP contribution in [0.2, 0.25) is 0 Å². The van der Waals surface area contributed by atoms with Gasteiger partial charge in [-0.3, -0.25) is 4.79 Å². The maximum atomic E-state index is 14.0. The van der Waals surface area contributed by atoms with Crippen LogP contribution in [0.4, 0.5) is 8.78 Å². The van der Waals surface area contributed by atoms with Gasteiger partial charge in [0.25, 0.3) is 0 Å². The molecule has 4 rings (SSSR count). The van der Waals surface area contributed by atoms with Crippen LogP contribution in [0.1, 0.15) is 5.69 Å². The number of nitrogens with zero attached hydrogens (tertiary/aromatic N) is 3. The lowest BCUT2D eigenvalue weighted by Gasteiger charge is -2.04. The van der Waals surface area contributed by atoms with E-state index in [1.165, 1.54) is 10.7 Å². The van der Waals surface area contributed by atoms with E-state index in [1.807, 2.05) is 0 Å². The summed E-state index contributed by atoms with van der Waals surface area (Å²) in [6, 6.07) is 7.60. The van der Waals surface area contributed by atoms with Crippen molar-refractivity contribution in [2.75, 3.05) is 0 Å². The zero-order valence-corrected chi connectivity index (χ0v) is 12.0. The Bertz CT molecular complexity index is 1120. The molecule has 3 aromatic heterocycles. The van der Waals surface area contributed by atoms with Crippen molar-refractivity contribution in [2.45, 2.75) is 6.92 Å². The van der Waals surface area contributed by atoms with Crippen molar-refractivity contribution < 1.29 is 8.78 Å². The number of nitrogens with one attached hydrogen (secondary N) is 1. The highest BCUT2D eigenvalue weighted by Crippen LogP contribution is 2.22. The number of rotatable bonds is 1. The summed E-state index contributed by atoms with van der Waals surface area (Å²) in [4.78, 5) is 19.8. The van der Waals surface area contributed by atoms with Crippen LogP contribution in [0, 0.1) is 18.6 Å². The summed E-state index contributed by atoms with van der Waals surface area (Å²) in [5.41, 5.74) is 0.422. The van der Waals surface area contributed by atoms with Crippen molar-refractivity contribution in [1.29, 1.82) is 0 Å². The second-order valence-corrected chi connectivity index (χ2v) is 5.15. The molecule has 0 spiro atoms. The number of pyridine rings is 2. The third kappa shape index (κ3) is 1.86. The molecule has 0 unspecified atom stereocenters. The van der Waals surface area contributed by atoms with Crippen molar-refractivity contribution in [3.05, 3.63) is 64.1 Å². The molecule has 3 heterocycles. The molecule has 0 atom stereocenters. The SMILES string of the molecule is Cc1nn(-c2ccccn2)c2[nH]c3ccc(F)c(F)c3c(=O)c12. The Morgan fingerprint density at radius 3 is 2.70 bits per heavy atom. The zero-order valence-electron chi connectivity index (χ0n) is 12.0. The van der Waals surface area contributed by atoms with Crippen molar-refractivity contribution in [1.82, 2.24) is 19.7 Å². The Morgan fingerprint density at radius 2 is 1.96 bits per heavy atom. The van der Waals surface area contributed by atoms with Gasteiger partial charge in [-0.15, -0.1) is 0 Å². The molecule has 5 nitrogen and oxygen atoms in total. The normalized spacial score (nSPS) is 11.4. The second-order valence-electron chi connectivity index (χ2n) is 5.15. The average Bonchev–Trinajstić information content (AvgIpc) is 2.89. The summed E-state index contributed by atoms with van der Waals surface area (Å²) in [5.74, 6) is -1.70. The predicted octanol–water partition coefficient (Wildman–Crippen LogP) is 2.85. The first-order valence-electron chi connectivity index (χ1n) is 6.88. The molecule has 4 aromatic rings. The van der Waals surface area contributed by atoms with E-state index < -0.39 is 17.1 Å². The van der Waals surface area contributed by atoms with Gasteiger partial charge in [-0.05, 0) is 31.2 Å². The topological polar surface area (TPSA) is 63.6 Å². The van der Waals surface area contributed by atoms with Crippen LogP contribution in [0.5, 0.6) is 0 Å². The molecule has 0 amide bonds. The lowest BCUT2D eigenvalue weighted by Crippen LogP contribution is -2.08. The quantitative estimate of drug-likeness (QED) is 0.588. The van der Waals surface area contributed by atoms with Crippen molar-refractivity contribution >= 4 is 21.9 Å². The predicted molar refractivity (Wildman–Crippen MR) is 81.6 cm³/mol. The summed E-state index contributed by atoms with van der Waals surface area (Å²) in [6.45, 7) is 1.64. The van der Waals surface area contributed by atoms with E-state index in [0.717, 1.165) is 6.07 Å². The Balaban J connectivity index is 2.19. The van der Waals surface area contributed by atoms with Crippen molar-refractivity contribution in [2.24, 2.45) is 0 Å². The van der Waals surface area contributed by atoms with Gasteiger partial charge in [0.1, 0.15) is 5.65 Å². The number of benzene rings is 1. The molecule has 1 N–H and O–H groups in total. The highest BCUT2D eigenvalue weighted by molar-refractivity contribution is 5.93. The molecule has 0 radical (unpaired) electrons. The van der Waals surface area contributed by atoms with Crippen LogP contribution >= 0.6 is 0 Å². The van der Waals surface area contributed by atoms with Gasteiger partial charge < -0.3 is 4.98 Å². The molecule has 0 saturated carbocycles. The average molecular weight is 312 g/mol. The smallest absolute Gasteiger partial charge is 0.203 e. The van der Waals surface area contributed by atoms with Gasteiger partial charge in [-0.2, -0.15) is 9.78 Å². The molecule has 0 bridgehead atoms. The number of aryl methyl sites for hydroxylation is 1. The molecule has 0 aliphatic rings. The molecule has 0 aliphatic carbocycles. The first-order chi connectivity index (χ1) is 11.1. The summed E-state index contributed by atoms with van der Waals surface area (Å²) in [5, 5.41) is 4.21. The molecule has 1 aromatic carbocycles. The fraction of sp³-hybridized carbons (Fsp3) is 0.0625. The monoisotopic (exact) mass is 312 g/mol. The van der Waals surface area contributed by atoms with Crippen LogP contribution in [0.15, 0.2) is 41.3 Å². The van der Waals surface area contributed by atoms with Gasteiger partial charge in [-0.1, -0.05) is 6.07 Å². The molecular weight excluding hydrogens is 302 g/mol. The number of aromatic amines is 1. The maximum Gasteiger partial charge on any atom is 0.203 e. The minimum Gasteiger partial charge on any atom is -0.339 e. The minimum absolute atomic E-state index is 0.207. The van der Waals surface area contributed by atoms with E-state index in [0.29, 0.717) is 17.2 Å². The zero-order chi connectivity index (χ0) is 16.1. The first kappa shape index (κ1) is 13.6. The van der Waals surface area contributed by atoms with Crippen LogP contribution in [-0.2, 0) is 0 Å². The number of aromatic nitrogens is 4. The molecule has 23 heavy (non-hydrogen) atoms. The Labute approximate surface area is 128 Å². The summed E-state index contributed by atoms with van der Waals surface area (Å²) in [6.07, 6.45) is 1.60. The molecule has 0 saturated heterocycles. The highest BCUT2D eigenvalue weighted by atomic mass is 19.2. The first-order valence-corrected chi connectivity index (χ1v) is 6.88. The number of fused-ring (bicyclic) bond motifs is 2. The van der Waals surface area contributed by atoms with Gasteiger partial charge in [0.2, 0.25) is 5.43 Å². The Hall–Kier alpha value is -3.09. The Morgan fingerprint density at radius 1 is 1.13 bits per heavy atom. The Kier molecular flexibility index (Phi) is 2.77. The number of hydrogen-bond acceptors (Lipinski definition) is 3. The molecule has 114 valence electrons. The van der Waals surface area contributed by atoms with Crippen LogP contribution in [-0.4, -0.2) is 19.7 Å². The summed E-state index contributed by atoms with van der Waals surface area (Å²) >= 11 is 0. The van der Waals surface area contributed by atoms with Crippen LogP contribution < -0.4 is 5.43 Å². The van der Waals surface area contributed by atoms with E-state index in [2.05, 4.69) is 15.1 Å². The standard InChI is InChI=1S/C16H10F2N4O/c1-8-12-15(23)13-10(6-5-9(17)14(13)18)20-16(12)22(21-8)11-4-2-3-7-19-11/h2-7H,1H3,(H,20,23). The molecule has 0 aliphatic heterocycles. The van der Waals surface area contributed by atoms with Gasteiger partial charge >= 0.3 is 0 Å². The van der Waals surface area contributed by atoms with Gasteiger partial charge in [-0.25, -0.2) is 13.8 Å². The van der Waals surface area contributed by atoms with Crippen molar-refractivity contribution in [3.63, 3.8) is 0 Å². The van der Waals surface area contributed by atoms with Gasteiger partial charge in [0.05, 0.1) is 22.0 Å². The van der Waals surface area contributed by atoms with E-state index in [9.17, 15) is 13.6 Å². The van der Waals surface area contributed by atoms with E-state index in [4.69, 9.17) is 0 Å². The van der Waals surface area contributed by atoms with E-state index in [-0.39, 0.29) is 16.3 Å². The fourth-order valence-electron chi connectivity index (χ4n) is 2.69. The second kappa shape index (κ2) is 4.70. The van der Waals surface area contributed by atoms with Crippen LogP contribution in [0.3, 0.4) is 0 Å². The minimum atomic E-state index is -1.16. The van der Waals surface area contributed by atoms with E-state index >= 15 is 0 Å². The largest absolute Gasteiger partial charge is 0.339 e. The van der Waals surface area contributed by atoms with Crippen molar-refractivity contribution in [3.8, 4) is 5.82 Å². The van der Waals surface area contributed by atoms with E-state index in [1.54, 1.807) is 31.3 Å². The lowest BCUT2D eigenvalue weighted by atomic mass is 10.1. The molecule has 0 fully saturated rings. The number of hydrogen-bond donors (Lipinski definition) is 1.